The van der Waals surface area contributed by atoms with Gasteiger partial charge in [-0.25, -0.2) is 0 Å². The van der Waals surface area contributed by atoms with Gasteiger partial charge in [0, 0.05) is 13.0 Å². The zero-order valence-corrected chi connectivity index (χ0v) is 15.2. The maximum absolute atomic E-state index is 11.1. The fourth-order valence-corrected chi connectivity index (χ4v) is 2.64. The number of carbonyl (C=O) groups is 1. The van der Waals surface area contributed by atoms with E-state index in [0.717, 1.165) is 0 Å². The van der Waals surface area contributed by atoms with E-state index in [1.165, 1.54) is 7.11 Å². The Morgan fingerprint density at radius 3 is 2.25 bits per heavy atom. The number of methoxy groups -OCH3 is 1. The molecule has 0 spiro atoms. The normalized spacial score (nSPS) is 15.8. The van der Waals surface area contributed by atoms with Crippen LogP contribution in [0.15, 0.2) is 0 Å². The van der Waals surface area contributed by atoms with Gasteiger partial charge in [-0.3, -0.25) is 4.79 Å². The molecule has 1 N–H and O–H groups in total. The average Bonchev–Trinajstić information content (AvgIpc) is 2.33. The predicted molar refractivity (Wildman–Crippen MR) is 84.2 cm³/mol. The summed E-state index contributed by atoms with van der Waals surface area (Å²) in [4.78, 5) is 11.1. The van der Waals surface area contributed by atoms with Crippen molar-refractivity contribution in [3.63, 3.8) is 0 Å². The monoisotopic (exact) mass is 304 g/mol. The molecule has 0 aromatic heterocycles. The number of rotatable bonds is 8. The smallest absolute Gasteiger partial charge is 0.305 e. The number of hydrogen-bond donors (Lipinski definition) is 1. The molecule has 0 unspecified atom stereocenters. The minimum absolute atomic E-state index is 0.0807. The molecule has 0 aromatic carbocycles. The van der Waals surface area contributed by atoms with E-state index in [2.05, 4.69) is 38.6 Å². The second-order valence-electron chi connectivity index (χ2n) is 7.06. The van der Waals surface area contributed by atoms with Gasteiger partial charge in [0.1, 0.15) is 0 Å². The van der Waals surface area contributed by atoms with Crippen molar-refractivity contribution in [3.8, 4) is 0 Å². The molecule has 0 bridgehead atoms. The SMILES string of the molecule is COC(=O)CC[C@H](C)[C@H](O)CCO[Si](C)(C)C(C)(C)C. The lowest BCUT2D eigenvalue weighted by atomic mass is 9.97. The Kier molecular flexibility index (Phi) is 7.99. The first-order valence-electron chi connectivity index (χ1n) is 7.40. The fraction of sp³-hybridized carbons (Fsp3) is 0.933. The fourth-order valence-electron chi connectivity index (χ4n) is 1.58. The molecule has 0 aliphatic heterocycles. The molecule has 0 fully saturated rings. The Morgan fingerprint density at radius 1 is 1.25 bits per heavy atom. The zero-order chi connectivity index (χ0) is 16.0. The Hall–Kier alpha value is -0.393. The van der Waals surface area contributed by atoms with Crippen molar-refractivity contribution in [2.75, 3.05) is 13.7 Å². The van der Waals surface area contributed by atoms with Crippen molar-refractivity contribution in [1.29, 1.82) is 0 Å². The molecular formula is C15H32O4Si. The van der Waals surface area contributed by atoms with Crippen LogP contribution in [0.25, 0.3) is 0 Å². The van der Waals surface area contributed by atoms with Crippen LogP contribution in [0.4, 0.5) is 0 Å². The molecule has 0 heterocycles. The summed E-state index contributed by atoms with van der Waals surface area (Å²) < 4.78 is 10.7. The highest BCUT2D eigenvalue weighted by Gasteiger charge is 2.37. The summed E-state index contributed by atoms with van der Waals surface area (Å²) in [6.45, 7) is 13.6. The van der Waals surface area contributed by atoms with Gasteiger partial charge in [-0.15, -0.1) is 0 Å². The first kappa shape index (κ1) is 19.6. The lowest BCUT2D eigenvalue weighted by Gasteiger charge is -2.36. The third kappa shape index (κ3) is 6.86. The van der Waals surface area contributed by atoms with Crippen LogP contribution >= 0.6 is 0 Å². The molecule has 0 rings (SSSR count). The van der Waals surface area contributed by atoms with E-state index in [1.807, 2.05) is 6.92 Å². The number of hydrogen-bond acceptors (Lipinski definition) is 4. The first-order chi connectivity index (χ1) is 9.01. The van der Waals surface area contributed by atoms with Crippen LogP contribution in [-0.2, 0) is 14.0 Å². The van der Waals surface area contributed by atoms with Crippen LogP contribution in [0.3, 0.4) is 0 Å². The molecule has 0 amide bonds. The van der Waals surface area contributed by atoms with E-state index in [0.29, 0.717) is 25.9 Å². The number of carbonyl (C=O) groups excluding carboxylic acids is 1. The molecular weight excluding hydrogens is 272 g/mol. The minimum atomic E-state index is -1.73. The van der Waals surface area contributed by atoms with Gasteiger partial charge >= 0.3 is 5.97 Å². The van der Waals surface area contributed by atoms with Gasteiger partial charge in [0.25, 0.3) is 0 Å². The molecule has 5 heteroatoms. The number of aliphatic hydroxyl groups excluding tert-OH is 1. The summed E-state index contributed by atoms with van der Waals surface area (Å²) in [6, 6.07) is 0. The van der Waals surface area contributed by atoms with Crippen molar-refractivity contribution in [2.45, 2.75) is 71.2 Å². The summed E-state index contributed by atoms with van der Waals surface area (Å²) >= 11 is 0. The quantitative estimate of drug-likeness (QED) is 0.552. The summed E-state index contributed by atoms with van der Waals surface area (Å²) in [7, 11) is -0.349. The van der Waals surface area contributed by atoms with Gasteiger partial charge in [0.2, 0.25) is 0 Å². The Balaban J connectivity index is 4.04. The Bertz CT molecular complexity index is 297. The van der Waals surface area contributed by atoms with E-state index in [9.17, 15) is 9.90 Å². The van der Waals surface area contributed by atoms with Gasteiger partial charge in [-0.2, -0.15) is 0 Å². The molecule has 0 aromatic rings. The number of aliphatic hydroxyl groups is 1. The summed E-state index contributed by atoms with van der Waals surface area (Å²) in [6.07, 6.45) is 1.20. The molecule has 0 aliphatic carbocycles. The van der Waals surface area contributed by atoms with Crippen molar-refractivity contribution < 1.29 is 19.1 Å². The van der Waals surface area contributed by atoms with Crippen LogP contribution in [0, 0.1) is 5.92 Å². The zero-order valence-electron chi connectivity index (χ0n) is 14.2. The van der Waals surface area contributed by atoms with Crippen LogP contribution < -0.4 is 0 Å². The highest BCUT2D eigenvalue weighted by molar-refractivity contribution is 6.74. The van der Waals surface area contributed by atoms with Gasteiger partial charge in [-0.1, -0.05) is 27.7 Å². The van der Waals surface area contributed by atoms with Crippen molar-refractivity contribution in [2.24, 2.45) is 5.92 Å². The predicted octanol–water partition coefficient (Wildman–Crippen LogP) is 3.35. The molecule has 0 aliphatic rings. The third-order valence-electron chi connectivity index (χ3n) is 4.37. The number of ether oxygens (including phenoxy) is 1. The van der Waals surface area contributed by atoms with E-state index >= 15 is 0 Å². The van der Waals surface area contributed by atoms with Crippen molar-refractivity contribution >= 4 is 14.3 Å². The van der Waals surface area contributed by atoms with Crippen LogP contribution in [0.2, 0.25) is 18.1 Å². The van der Waals surface area contributed by atoms with Crippen molar-refractivity contribution in [3.05, 3.63) is 0 Å². The number of esters is 1. The average molecular weight is 305 g/mol. The standard InChI is InChI=1S/C15H32O4Si/c1-12(8-9-14(17)18-5)13(16)10-11-19-20(6,7)15(2,3)4/h12-13,16H,8-11H2,1-7H3/t12-,13+/m0/s1. The molecule has 20 heavy (non-hydrogen) atoms. The van der Waals surface area contributed by atoms with E-state index < -0.39 is 14.4 Å². The summed E-state index contributed by atoms with van der Waals surface area (Å²) in [5, 5.41) is 10.3. The van der Waals surface area contributed by atoms with Crippen LogP contribution in [-0.4, -0.2) is 39.2 Å². The maximum atomic E-state index is 11.1. The second kappa shape index (κ2) is 8.15. The second-order valence-corrected chi connectivity index (χ2v) is 11.9. The largest absolute Gasteiger partial charge is 0.469 e. The highest BCUT2D eigenvalue weighted by Crippen LogP contribution is 2.36. The Labute approximate surface area is 125 Å². The van der Waals surface area contributed by atoms with Crippen LogP contribution in [0.5, 0.6) is 0 Å². The lowest BCUT2D eigenvalue weighted by Crippen LogP contribution is -2.41. The van der Waals surface area contributed by atoms with Gasteiger partial charge in [-0.05, 0) is 36.9 Å². The van der Waals surface area contributed by atoms with E-state index in [4.69, 9.17) is 4.43 Å². The first-order valence-corrected chi connectivity index (χ1v) is 10.3. The summed E-state index contributed by atoms with van der Waals surface area (Å²) in [5.41, 5.74) is 0. The topological polar surface area (TPSA) is 55.8 Å². The van der Waals surface area contributed by atoms with E-state index in [1.54, 1.807) is 0 Å². The molecule has 0 saturated heterocycles. The maximum Gasteiger partial charge on any atom is 0.305 e. The molecule has 2 atom stereocenters. The third-order valence-corrected chi connectivity index (χ3v) is 8.91. The summed E-state index contributed by atoms with van der Waals surface area (Å²) in [5.74, 6) is -0.140. The Morgan fingerprint density at radius 2 is 1.80 bits per heavy atom. The molecule has 0 saturated carbocycles. The molecule has 120 valence electrons. The van der Waals surface area contributed by atoms with Gasteiger partial charge < -0.3 is 14.3 Å². The highest BCUT2D eigenvalue weighted by atomic mass is 28.4. The van der Waals surface area contributed by atoms with Crippen molar-refractivity contribution in [1.82, 2.24) is 0 Å². The lowest BCUT2D eigenvalue weighted by molar-refractivity contribution is -0.141. The van der Waals surface area contributed by atoms with E-state index in [-0.39, 0.29) is 16.9 Å². The van der Waals surface area contributed by atoms with Crippen LogP contribution in [0.1, 0.15) is 47.0 Å². The molecule has 4 nitrogen and oxygen atoms in total. The molecule has 0 radical (unpaired) electrons. The minimum Gasteiger partial charge on any atom is -0.469 e. The van der Waals surface area contributed by atoms with Gasteiger partial charge in [0.05, 0.1) is 13.2 Å². The van der Waals surface area contributed by atoms with Gasteiger partial charge in [0.15, 0.2) is 8.32 Å².